The summed E-state index contributed by atoms with van der Waals surface area (Å²) in [5.74, 6) is -3.82. The highest BCUT2D eigenvalue weighted by atomic mass is 19.3. The number of alkyl halides is 2. The zero-order valence-corrected chi connectivity index (χ0v) is 19.7. The van der Waals surface area contributed by atoms with Crippen LogP contribution in [0.5, 0.6) is 0 Å². The molecule has 1 aliphatic carbocycles. The third-order valence-corrected chi connectivity index (χ3v) is 6.39. The van der Waals surface area contributed by atoms with Gasteiger partial charge < -0.3 is 16.2 Å². The van der Waals surface area contributed by atoms with Crippen molar-refractivity contribution in [3.63, 3.8) is 0 Å². The van der Waals surface area contributed by atoms with Gasteiger partial charge in [-0.1, -0.05) is 24.3 Å². The Morgan fingerprint density at radius 3 is 2.56 bits per heavy atom. The Morgan fingerprint density at radius 2 is 1.91 bits per heavy atom. The van der Waals surface area contributed by atoms with E-state index >= 15 is 0 Å². The van der Waals surface area contributed by atoms with Gasteiger partial charge in [0.05, 0.1) is 24.8 Å². The number of hydrogen-bond acceptors (Lipinski definition) is 5. The van der Waals surface area contributed by atoms with Crippen LogP contribution in [-0.2, 0) is 24.1 Å². The predicted octanol–water partition coefficient (Wildman–Crippen LogP) is 3.48. The zero-order valence-electron chi connectivity index (χ0n) is 19.7. The number of primary amides is 1. The number of nitrogens with two attached hydrogens (primary N) is 2. The van der Waals surface area contributed by atoms with E-state index in [1.807, 2.05) is 18.2 Å². The lowest BCUT2D eigenvalue weighted by atomic mass is 9.81. The standard InChI is InChI=1S/C24H31F2N5O3/c1-23(2,3)34-22(33)30-13-24(25,26)11-17(30)12-31-20(27)18(21(28)32)19(29-31)16-9-8-14-6-4-5-7-15(14)10-16/h4-7,16-17H,8-13,27H2,1-3H3,(H2,28,32). The molecule has 1 saturated heterocycles. The summed E-state index contributed by atoms with van der Waals surface area (Å²) < 4.78 is 35.3. The Balaban J connectivity index is 1.62. The van der Waals surface area contributed by atoms with Crippen LogP contribution in [0.4, 0.5) is 19.4 Å². The fourth-order valence-electron chi connectivity index (χ4n) is 4.90. The number of aromatic nitrogens is 2. The fraction of sp³-hybridized carbons (Fsp3) is 0.542. The number of ether oxygens (including phenoxy) is 1. The molecule has 2 amide bonds. The van der Waals surface area contributed by atoms with Gasteiger partial charge in [0.1, 0.15) is 17.0 Å². The maximum absolute atomic E-state index is 14.3. The highest BCUT2D eigenvalue weighted by Gasteiger charge is 2.48. The number of benzene rings is 1. The van der Waals surface area contributed by atoms with E-state index < -0.39 is 42.5 Å². The highest BCUT2D eigenvalue weighted by Crippen LogP contribution is 2.37. The largest absolute Gasteiger partial charge is 0.444 e. The van der Waals surface area contributed by atoms with Gasteiger partial charge >= 0.3 is 6.09 Å². The van der Waals surface area contributed by atoms with Gasteiger partial charge in [0, 0.05) is 12.3 Å². The van der Waals surface area contributed by atoms with Crippen molar-refractivity contribution in [3.8, 4) is 0 Å². The predicted molar refractivity (Wildman–Crippen MR) is 123 cm³/mol. The molecule has 0 spiro atoms. The summed E-state index contributed by atoms with van der Waals surface area (Å²) in [6.07, 6.45) is 0.897. The number of carbonyl (C=O) groups excluding carboxylic acids is 2. The van der Waals surface area contributed by atoms with Crippen molar-refractivity contribution in [2.75, 3.05) is 12.3 Å². The summed E-state index contributed by atoms with van der Waals surface area (Å²) >= 11 is 0. The third kappa shape index (κ3) is 4.85. The third-order valence-electron chi connectivity index (χ3n) is 6.39. The summed E-state index contributed by atoms with van der Waals surface area (Å²) in [5, 5.41) is 4.57. The molecule has 4 N–H and O–H groups in total. The normalized spacial score (nSPS) is 21.9. The maximum Gasteiger partial charge on any atom is 0.410 e. The van der Waals surface area contributed by atoms with Crippen LogP contribution < -0.4 is 11.5 Å². The van der Waals surface area contributed by atoms with Gasteiger partial charge in [-0.2, -0.15) is 5.10 Å². The molecule has 0 saturated carbocycles. The van der Waals surface area contributed by atoms with Crippen LogP contribution in [-0.4, -0.2) is 50.8 Å². The Kier molecular flexibility index (Phi) is 6.03. The van der Waals surface area contributed by atoms with E-state index in [1.54, 1.807) is 20.8 Å². The summed E-state index contributed by atoms with van der Waals surface area (Å²) in [7, 11) is 0. The van der Waals surface area contributed by atoms with Gasteiger partial charge in [0.2, 0.25) is 0 Å². The van der Waals surface area contributed by atoms with Crippen molar-refractivity contribution < 1.29 is 23.1 Å². The van der Waals surface area contributed by atoms with Crippen molar-refractivity contribution in [3.05, 3.63) is 46.6 Å². The molecule has 2 heterocycles. The molecular formula is C24H31F2N5O3. The number of anilines is 1. The van der Waals surface area contributed by atoms with Crippen LogP contribution in [0.1, 0.15) is 66.7 Å². The number of nitrogen functional groups attached to an aromatic ring is 1. The number of fused-ring (bicyclic) bond motifs is 1. The average molecular weight is 476 g/mol. The number of likely N-dealkylation sites (tertiary alicyclic amines) is 1. The molecule has 4 rings (SSSR count). The summed E-state index contributed by atoms with van der Waals surface area (Å²) in [6.45, 7) is 4.18. The molecule has 2 unspecified atom stereocenters. The molecule has 10 heteroatoms. The number of carbonyl (C=O) groups is 2. The van der Waals surface area contributed by atoms with Gasteiger partial charge in [0.25, 0.3) is 11.8 Å². The SMILES string of the molecule is CC(C)(C)OC(=O)N1CC(F)(F)CC1Cn1nc(C2CCc3ccccc3C2)c(C(N)=O)c1N. The summed E-state index contributed by atoms with van der Waals surface area (Å²) in [6, 6.07) is 7.19. The molecule has 8 nitrogen and oxygen atoms in total. The van der Waals surface area contributed by atoms with Gasteiger partial charge in [0.15, 0.2) is 0 Å². The van der Waals surface area contributed by atoms with E-state index in [0.717, 1.165) is 17.7 Å². The van der Waals surface area contributed by atoms with E-state index in [1.165, 1.54) is 15.8 Å². The number of amides is 2. The Labute approximate surface area is 197 Å². The topological polar surface area (TPSA) is 116 Å². The fourth-order valence-corrected chi connectivity index (χ4v) is 4.90. The Bertz CT molecular complexity index is 1110. The second-order valence-corrected chi connectivity index (χ2v) is 10.2. The number of aryl methyl sites for hydroxylation is 1. The Hall–Kier alpha value is -3.17. The van der Waals surface area contributed by atoms with Gasteiger partial charge in [-0.25, -0.2) is 18.3 Å². The number of hydrogen-bond donors (Lipinski definition) is 2. The van der Waals surface area contributed by atoms with E-state index in [9.17, 15) is 18.4 Å². The first-order chi connectivity index (χ1) is 15.8. The van der Waals surface area contributed by atoms with E-state index in [4.69, 9.17) is 16.2 Å². The van der Waals surface area contributed by atoms with Gasteiger partial charge in [-0.05, 0) is 51.2 Å². The van der Waals surface area contributed by atoms with Gasteiger partial charge in [-0.15, -0.1) is 0 Å². The minimum atomic E-state index is -3.06. The molecule has 2 aromatic rings. The van der Waals surface area contributed by atoms with Crippen LogP contribution in [0.2, 0.25) is 0 Å². The molecule has 1 fully saturated rings. The van der Waals surface area contributed by atoms with Crippen LogP contribution >= 0.6 is 0 Å². The lowest BCUT2D eigenvalue weighted by molar-refractivity contribution is -0.00253. The molecule has 34 heavy (non-hydrogen) atoms. The van der Waals surface area contributed by atoms with Crippen LogP contribution in [0.3, 0.4) is 0 Å². The highest BCUT2D eigenvalue weighted by molar-refractivity contribution is 5.98. The first kappa shape index (κ1) is 24.0. The first-order valence-electron chi connectivity index (χ1n) is 11.4. The maximum atomic E-state index is 14.3. The molecular weight excluding hydrogens is 444 g/mol. The van der Waals surface area contributed by atoms with Crippen molar-refractivity contribution in [2.45, 2.75) is 76.5 Å². The lowest BCUT2D eigenvalue weighted by Crippen LogP contribution is -2.42. The van der Waals surface area contributed by atoms with Gasteiger partial charge in [-0.3, -0.25) is 9.69 Å². The minimum absolute atomic E-state index is 0.0284. The Morgan fingerprint density at radius 1 is 1.24 bits per heavy atom. The van der Waals surface area contributed by atoms with Crippen molar-refractivity contribution in [2.24, 2.45) is 5.73 Å². The van der Waals surface area contributed by atoms with Crippen molar-refractivity contribution in [1.29, 1.82) is 0 Å². The van der Waals surface area contributed by atoms with E-state index in [0.29, 0.717) is 12.1 Å². The van der Waals surface area contributed by atoms with Crippen molar-refractivity contribution >= 4 is 17.8 Å². The van der Waals surface area contributed by atoms with E-state index in [2.05, 4.69) is 11.2 Å². The molecule has 2 aliphatic rings. The quantitative estimate of drug-likeness (QED) is 0.702. The second-order valence-electron chi connectivity index (χ2n) is 10.2. The molecule has 1 aliphatic heterocycles. The molecule has 184 valence electrons. The molecule has 1 aromatic carbocycles. The molecule has 2 atom stereocenters. The average Bonchev–Trinajstić information content (AvgIpc) is 3.22. The van der Waals surface area contributed by atoms with E-state index in [-0.39, 0.29) is 23.8 Å². The minimum Gasteiger partial charge on any atom is -0.444 e. The lowest BCUT2D eigenvalue weighted by Gasteiger charge is -2.28. The number of rotatable bonds is 4. The number of halogens is 2. The van der Waals surface area contributed by atoms with Crippen LogP contribution in [0.25, 0.3) is 0 Å². The molecule has 1 aromatic heterocycles. The summed E-state index contributed by atoms with van der Waals surface area (Å²) in [4.78, 5) is 25.9. The molecule has 0 bridgehead atoms. The second kappa shape index (κ2) is 8.56. The zero-order chi connectivity index (χ0) is 24.8. The smallest absolute Gasteiger partial charge is 0.410 e. The van der Waals surface area contributed by atoms with Crippen LogP contribution in [0, 0.1) is 0 Å². The van der Waals surface area contributed by atoms with Crippen LogP contribution in [0.15, 0.2) is 24.3 Å². The monoisotopic (exact) mass is 475 g/mol. The van der Waals surface area contributed by atoms with Crippen molar-refractivity contribution in [1.82, 2.24) is 14.7 Å². The molecule has 0 radical (unpaired) electrons. The first-order valence-corrected chi connectivity index (χ1v) is 11.4. The summed E-state index contributed by atoms with van der Waals surface area (Å²) in [5.41, 5.74) is 14.1. The number of nitrogens with zero attached hydrogens (tertiary/aromatic N) is 3.